The number of thiazole rings is 1. The summed E-state index contributed by atoms with van der Waals surface area (Å²) in [4.78, 5) is 36.8. The molecule has 3 N–H and O–H groups in total. The normalized spacial score (nSPS) is 25.1. The number of rotatable bonds is 8. The van der Waals surface area contributed by atoms with Crippen LogP contribution in [0.3, 0.4) is 0 Å². The molecular weight excluding hydrogens is 557 g/mol. The van der Waals surface area contributed by atoms with Gasteiger partial charge in [-0.3, -0.25) is 9.59 Å². The molecule has 2 aromatic heterocycles. The molecular formula is C26H30F5N5O3S. The van der Waals surface area contributed by atoms with E-state index in [1.54, 1.807) is 4.90 Å². The highest BCUT2D eigenvalue weighted by atomic mass is 32.1. The van der Waals surface area contributed by atoms with Crippen LogP contribution in [0.1, 0.15) is 90.6 Å². The first-order valence-electron chi connectivity index (χ1n) is 13.4. The number of aliphatic hydroxyl groups is 1. The lowest BCUT2D eigenvalue weighted by Crippen LogP contribution is -2.36. The van der Waals surface area contributed by atoms with Crippen LogP contribution in [0.25, 0.3) is 10.4 Å². The molecule has 40 heavy (non-hydrogen) atoms. The molecule has 2 amide bonds. The monoisotopic (exact) mass is 587 g/mol. The average molecular weight is 588 g/mol. The summed E-state index contributed by atoms with van der Waals surface area (Å²) < 4.78 is 68.4. The van der Waals surface area contributed by atoms with Crippen molar-refractivity contribution in [1.29, 1.82) is 0 Å². The molecule has 4 heterocycles. The highest BCUT2D eigenvalue weighted by Crippen LogP contribution is 2.42. The Morgan fingerprint density at radius 1 is 1.15 bits per heavy atom. The SMILES string of the molecule is CC[C@H](Nc1cc(C(F)F)c(-c2sc(C(=O)N[C@@H]3CC[C@@H](O)C3)nc2C(=O)N2[C@H]3CC[C@@H]2CC3)cn1)C(F)(F)F. The summed E-state index contributed by atoms with van der Waals surface area (Å²) in [6.07, 6.45) is -2.78. The molecule has 1 aliphatic carbocycles. The van der Waals surface area contributed by atoms with Gasteiger partial charge in [-0.05, 0) is 57.4 Å². The van der Waals surface area contributed by atoms with E-state index in [-0.39, 0.29) is 51.5 Å². The highest BCUT2D eigenvalue weighted by molar-refractivity contribution is 7.17. The topological polar surface area (TPSA) is 107 Å². The fourth-order valence-electron chi connectivity index (χ4n) is 5.96. The van der Waals surface area contributed by atoms with Crippen molar-refractivity contribution in [3.63, 3.8) is 0 Å². The number of aliphatic hydroxyl groups excluding tert-OH is 1. The standard InChI is InChI=1S/C26H30F5N5O3S/c1-2-18(26(29,30)31)34-19-10-16(22(27)28)17(11-32-19)21-20(25(39)36-13-4-5-14(36)7-6-13)35-24(40-21)23(38)33-12-3-8-15(37)9-12/h10-15,18,22,37H,2-9H2,1H3,(H,32,34)(H,33,38)/t12-,13-,14+,15-,18+/m1/s1. The minimum atomic E-state index is -4.61. The van der Waals surface area contributed by atoms with Gasteiger partial charge in [0.1, 0.15) is 17.6 Å². The van der Waals surface area contributed by atoms with Crippen molar-refractivity contribution < 1.29 is 36.6 Å². The molecule has 2 aliphatic heterocycles. The number of pyridine rings is 1. The Bertz CT molecular complexity index is 1250. The van der Waals surface area contributed by atoms with Crippen LogP contribution in [0.5, 0.6) is 0 Å². The van der Waals surface area contributed by atoms with Crippen LogP contribution in [0.2, 0.25) is 0 Å². The molecule has 2 bridgehead atoms. The number of anilines is 1. The Balaban J connectivity index is 1.52. The lowest BCUT2D eigenvalue weighted by molar-refractivity contribution is -0.142. The number of nitrogens with zero attached hydrogens (tertiary/aromatic N) is 3. The maximum absolute atomic E-state index is 14.3. The van der Waals surface area contributed by atoms with Gasteiger partial charge in [0.2, 0.25) is 0 Å². The van der Waals surface area contributed by atoms with E-state index >= 15 is 0 Å². The molecule has 0 radical (unpaired) electrons. The Kier molecular flexibility index (Phi) is 8.01. The van der Waals surface area contributed by atoms with E-state index in [1.807, 2.05) is 0 Å². The zero-order valence-electron chi connectivity index (χ0n) is 21.7. The highest BCUT2D eigenvalue weighted by Gasteiger charge is 2.44. The molecule has 0 aromatic carbocycles. The van der Waals surface area contributed by atoms with Crippen molar-refractivity contribution >= 4 is 29.0 Å². The van der Waals surface area contributed by atoms with Gasteiger partial charge in [0.25, 0.3) is 18.2 Å². The van der Waals surface area contributed by atoms with E-state index in [2.05, 4.69) is 20.6 Å². The number of aromatic nitrogens is 2. The zero-order chi connectivity index (χ0) is 28.8. The fraction of sp³-hybridized carbons (Fsp3) is 0.615. The third-order valence-electron chi connectivity index (χ3n) is 7.99. The van der Waals surface area contributed by atoms with Crippen LogP contribution < -0.4 is 10.6 Å². The quantitative estimate of drug-likeness (QED) is 0.362. The summed E-state index contributed by atoms with van der Waals surface area (Å²) in [6, 6.07) is -1.39. The second-order valence-electron chi connectivity index (χ2n) is 10.6. The van der Waals surface area contributed by atoms with Gasteiger partial charge in [-0.2, -0.15) is 13.2 Å². The van der Waals surface area contributed by atoms with Crippen molar-refractivity contribution in [2.45, 2.75) is 101 Å². The van der Waals surface area contributed by atoms with Crippen LogP contribution >= 0.6 is 11.3 Å². The smallest absolute Gasteiger partial charge is 0.393 e. The molecule has 2 aromatic rings. The fourth-order valence-corrected chi connectivity index (χ4v) is 6.95. The Morgan fingerprint density at radius 2 is 1.82 bits per heavy atom. The molecule has 5 rings (SSSR count). The third-order valence-corrected chi connectivity index (χ3v) is 9.08. The summed E-state index contributed by atoms with van der Waals surface area (Å²) in [5.74, 6) is -1.43. The van der Waals surface area contributed by atoms with Crippen molar-refractivity contribution in [2.24, 2.45) is 0 Å². The zero-order valence-corrected chi connectivity index (χ0v) is 22.5. The molecule has 3 atom stereocenters. The average Bonchev–Trinajstić information content (AvgIpc) is 3.70. The number of carbonyl (C=O) groups is 2. The molecule has 8 nitrogen and oxygen atoms in total. The van der Waals surface area contributed by atoms with Crippen LogP contribution in [-0.2, 0) is 0 Å². The molecule has 218 valence electrons. The van der Waals surface area contributed by atoms with Crippen molar-refractivity contribution in [2.75, 3.05) is 5.32 Å². The molecule has 14 heteroatoms. The number of amides is 2. The van der Waals surface area contributed by atoms with E-state index in [0.29, 0.717) is 19.3 Å². The van der Waals surface area contributed by atoms with E-state index in [1.165, 1.54) is 6.92 Å². The minimum Gasteiger partial charge on any atom is -0.393 e. The van der Waals surface area contributed by atoms with Gasteiger partial charge in [0.05, 0.1) is 11.0 Å². The molecule has 3 aliphatic rings. The second-order valence-corrected chi connectivity index (χ2v) is 11.6. The number of halogens is 5. The van der Waals surface area contributed by atoms with E-state index in [4.69, 9.17) is 0 Å². The number of hydrogen-bond donors (Lipinski definition) is 3. The lowest BCUT2D eigenvalue weighted by atomic mass is 10.0. The minimum absolute atomic E-state index is 0.0110. The van der Waals surface area contributed by atoms with Crippen LogP contribution in [0, 0.1) is 0 Å². The number of nitrogens with one attached hydrogen (secondary N) is 2. The summed E-state index contributed by atoms with van der Waals surface area (Å²) in [5, 5.41) is 14.6. The summed E-state index contributed by atoms with van der Waals surface area (Å²) in [5.41, 5.74) is -0.933. The first-order valence-corrected chi connectivity index (χ1v) is 14.2. The Morgan fingerprint density at radius 3 is 2.38 bits per heavy atom. The van der Waals surface area contributed by atoms with Crippen molar-refractivity contribution in [1.82, 2.24) is 20.2 Å². The van der Waals surface area contributed by atoms with E-state index in [9.17, 15) is 36.6 Å². The summed E-state index contributed by atoms with van der Waals surface area (Å²) in [6.45, 7) is 1.31. The van der Waals surface area contributed by atoms with Gasteiger partial charge in [-0.1, -0.05) is 6.92 Å². The molecule has 2 saturated heterocycles. The predicted octanol–water partition coefficient (Wildman–Crippen LogP) is 5.31. The molecule has 0 unspecified atom stereocenters. The van der Waals surface area contributed by atoms with Crippen molar-refractivity contribution in [3.05, 3.63) is 28.5 Å². The largest absolute Gasteiger partial charge is 0.408 e. The van der Waals surface area contributed by atoms with E-state index < -0.39 is 42.1 Å². The van der Waals surface area contributed by atoms with Gasteiger partial charge >= 0.3 is 6.18 Å². The molecule has 0 spiro atoms. The Labute approximate surface area is 231 Å². The van der Waals surface area contributed by atoms with Gasteiger partial charge in [-0.15, -0.1) is 11.3 Å². The maximum Gasteiger partial charge on any atom is 0.408 e. The number of hydrogen-bond acceptors (Lipinski definition) is 7. The van der Waals surface area contributed by atoms with Crippen LogP contribution in [-0.4, -0.2) is 68.2 Å². The first kappa shape index (κ1) is 28.7. The summed E-state index contributed by atoms with van der Waals surface area (Å²) >= 11 is 0.768. The lowest BCUT2D eigenvalue weighted by Gasteiger charge is -2.22. The maximum atomic E-state index is 14.3. The van der Waals surface area contributed by atoms with Crippen molar-refractivity contribution in [3.8, 4) is 10.4 Å². The van der Waals surface area contributed by atoms with Gasteiger partial charge < -0.3 is 20.6 Å². The predicted molar refractivity (Wildman–Crippen MR) is 137 cm³/mol. The van der Waals surface area contributed by atoms with Gasteiger partial charge in [0.15, 0.2) is 5.01 Å². The number of carbonyl (C=O) groups excluding carboxylic acids is 2. The Hall–Kier alpha value is -2.87. The van der Waals surface area contributed by atoms with Crippen LogP contribution in [0.4, 0.5) is 27.8 Å². The molecule has 3 fully saturated rings. The van der Waals surface area contributed by atoms with Gasteiger partial charge in [-0.25, -0.2) is 18.7 Å². The first-order chi connectivity index (χ1) is 19.0. The van der Waals surface area contributed by atoms with Gasteiger partial charge in [0, 0.05) is 35.4 Å². The molecule has 1 saturated carbocycles. The number of alkyl halides is 5. The summed E-state index contributed by atoms with van der Waals surface area (Å²) in [7, 11) is 0. The third kappa shape index (κ3) is 5.65. The number of fused-ring (bicyclic) bond motifs is 2. The van der Waals surface area contributed by atoms with E-state index in [0.717, 1.165) is 49.3 Å². The van der Waals surface area contributed by atoms with Crippen LogP contribution in [0.15, 0.2) is 12.3 Å². The second kappa shape index (κ2) is 11.2.